The number of allylic oxidation sites excluding steroid dienone is 4. The van der Waals surface area contributed by atoms with E-state index in [-0.39, 0.29) is 0 Å². The molecule has 0 radical (unpaired) electrons. The zero-order valence-electron chi connectivity index (χ0n) is 9.39. The largest absolute Gasteiger partial charge is 0.306 e. The van der Waals surface area contributed by atoms with Crippen LogP contribution in [-0.2, 0) is 0 Å². The van der Waals surface area contributed by atoms with Crippen LogP contribution in [0.25, 0.3) is 0 Å². The molecular weight excluding hydrogens is 158 g/mol. The fraction of sp³-hybridized carbons (Fsp3) is 0.583. The summed E-state index contributed by atoms with van der Waals surface area (Å²) in [6, 6.07) is 0. The minimum absolute atomic E-state index is 0.540. The van der Waals surface area contributed by atoms with Gasteiger partial charge in [0, 0.05) is 5.71 Å². The quantitative estimate of drug-likeness (QED) is 0.501. The molecule has 0 rings (SSSR count). The third kappa shape index (κ3) is 6.32. The van der Waals surface area contributed by atoms with Crippen molar-refractivity contribution in [3.63, 3.8) is 0 Å². The Morgan fingerprint density at radius 1 is 1.08 bits per heavy atom. The standard InChI is InChI=1S/C12H21N/c1-9(2)8-12(10(3)4)7-6-11(5)13/h6-10,13H,1-5H3/b7-6-,12-8+,13-11?. The van der Waals surface area contributed by atoms with Gasteiger partial charge in [0.2, 0.25) is 0 Å². The van der Waals surface area contributed by atoms with Crippen molar-refractivity contribution in [2.75, 3.05) is 0 Å². The fourth-order valence-electron chi connectivity index (χ4n) is 1.05. The fourth-order valence-corrected chi connectivity index (χ4v) is 1.05. The molecule has 1 heteroatoms. The average molecular weight is 179 g/mol. The van der Waals surface area contributed by atoms with Crippen molar-refractivity contribution in [1.82, 2.24) is 0 Å². The summed E-state index contributed by atoms with van der Waals surface area (Å²) in [7, 11) is 0. The van der Waals surface area contributed by atoms with Crippen LogP contribution in [0.3, 0.4) is 0 Å². The van der Waals surface area contributed by atoms with Gasteiger partial charge < -0.3 is 5.41 Å². The van der Waals surface area contributed by atoms with Crippen molar-refractivity contribution in [2.24, 2.45) is 11.8 Å². The molecule has 0 fully saturated rings. The van der Waals surface area contributed by atoms with Gasteiger partial charge in [0.15, 0.2) is 0 Å². The van der Waals surface area contributed by atoms with Crippen LogP contribution in [0.15, 0.2) is 23.8 Å². The summed E-state index contributed by atoms with van der Waals surface area (Å²) in [5.74, 6) is 1.12. The first-order chi connectivity index (χ1) is 5.93. The molecule has 74 valence electrons. The van der Waals surface area contributed by atoms with Crippen LogP contribution in [0.4, 0.5) is 0 Å². The lowest BCUT2D eigenvalue weighted by molar-refractivity contribution is 0.749. The summed E-state index contributed by atoms with van der Waals surface area (Å²) in [5.41, 5.74) is 1.93. The van der Waals surface area contributed by atoms with Crippen molar-refractivity contribution in [3.05, 3.63) is 23.8 Å². The molecule has 1 N–H and O–H groups in total. The Balaban J connectivity index is 4.54. The molecule has 0 aromatic rings. The Labute approximate surface area is 82.1 Å². The second-order valence-corrected chi connectivity index (χ2v) is 4.08. The van der Waals surface area contributed by atoms with E-state index < -0.39 is 0 Å². The van der Waals surface area contributed by atoms with Gasteiger partial charge in [-0.25, -0.2) is 0 Å². The van der Waals surface area contributed by atoms with E-state index in [2.05, 4.69) is 33.8 Å². The van der Waals surface area contributed by atoms with Gasteiger partial charge in [-0.1, -0.05) is 39.8 Å². The molecule has 0 aromatic carbocycles. The van der Waals surface area contributed by atoms with E-state index in [9.17, 15) is 0 Å². The van der Waals surface area contributed by atoms with Crippen molar-refractivity contribution < 1.29 is 0 Å². The second-order valence-electron chi connectivity index (χ2n) is 4.08. The predicted octanol–water partition coefficient (Wildman–Crippen LogP) is 3.82. The van der Waals surface area contributed by atoms with Crippen LogP contribution < -0.4 is 0 Å². The van der Waals surface area contributed by atoms with Crippen molar-refractivity contribution in [3.8, 4) is 0 Å². The molecule has 0 aliphatic rings. The number of hydrogen-bond donors (Lipinski definition) is 1. The molecule has 0 aliphatic heterocycles. The Morgan fingerprint density at radius 3 is 1.92 bits per heavy atom. The summed E-state index contributed by atoms with van der Waals surface area (Å²) in [6.07, 6.45) is 6.16. The maximum absolute atomic E-state index is 7.30. The summed E-state index contributed by atoms with van der Waals surface area (Å²) in [6.45, 7) is 10.5. The first-order valence-electron chi connectivity index (χ1n) is 4.88. The number of rotatable bonds is 4. The minimum Gasteiger partial charge on any atom is -0.306 e. The zero-order chi connectivity index (χ0) is 10.4. The Morgan fingerprint density at radius 2 is 1.62 bits per heavy atom. The predicted molar refractivity (Wildman–Crippen MR) is 60.3 cm³/mol. The van der Waals surface area contributed by atoms with E-state index in [4.69, 9.17) is 5.41 Å². The molecule has 1 nitrogen and oxygen atoms in total. The zero-order valence-corrected chi connectivity index (χ0v) is 9.39. The lowest BCUT2D eigenvalue weighted by atomic mass is 9.98. The van der Waals surface area contributed by atoms with E-state index in [1.54, 1.807) is 6.92 Å². The maximum Gasteiger partial charge on any atom is 0.0283 e. The van der Waals surface area contributed by atoms with Gasteiger partial charge in [0.05, 0.1) is 0 Å². The van der Waals surface area contributed by atoms with Crippen LogP contribution in [0.1, 0.15) is 34.6 Å². The third-order valence-electron chi connectivity index (χ3n) is 1.72. The molecule has 0 atom stereocenters. The summed E-state index contributed by atoms with van der Waals surface area (Å²) in [5, 5.41) is 7.30. The van der Waals surface area contributed by atoms with Gasteiger partial charge in [-0.15, -0.1) is 0 Å². The monoisotopic (exact) mass is 179 g/mol. The Hall–Kier alpha value is -0.850. The lowest BCUT2D eigenvalue weighted by Crippen LogP contribution is -1.94. The van der Waals surface area contributed by atoms with Crippen molar-refractivity contribution in [2.45, 2.75) is 34.6 Å². The van der Waals surface area contributed by atoms with Crippen LogP contribution in [0, 0.1) is 17.2 Å². The molecule has 0 saturated carbocycles. The Bertz CT molecular complexity index is 219. The molecule has 13 heavy (non-hydrogen) atoms. The number of nitrogens with one attached hydrogen (secondary N) is 1. The van der Waals surface area contributed by atoms with Crippen molar-refractivity contribution >= 4 is 5.71 Å². The highest BCUT2D eigenvalue weighted by Gasteiger charge is 1.99. The van der Waals surface area contributed by atoms with E-state index in [0.717, 1.165) is 0 Å². The molecular formula is C12H21N. The molecule has 0 unspecified atom stereocenters. The van der Waals surface area contributed by atoms with Crippen LogP contribution in [0.2, 0.25) is 0 Å². The summed E-state index contributed by atoms with van der Waals surface area (Å²) < 4.78 is 0. The first-order valence-corrected chi connectivity index (χ1v) is 4.88. The van der Waals surface area contributed by atoms with Crippen molar-refractivity contribution in [1.29, 1.82) is 5.41 Å². The van der Waals surface area contributed by atoms with Crippen LogP contribution in [-0.4, -0.2) is 5.71 Å². The minimum atomic E-state index is 0.540. The third-order valence-corrected chi connectivity index (χ3v) is 1.72. The van der Waals surface area contributed by atoms with E-state index in [1.807, 2.05) is 12.2 Å². The molecule has 0 bridgehead atoms. The van der Waals surface area contributed by atoms with Gasteiger partial charge in [-0.05, 0) is 30.4 Å². The van der Waals surface area contributed by atoms with E-state index >= 15 is 0 Å². The highest BCUT2D eigenvalue weighted by molar-refractivity contribution is 5.90. The smallest absolute Gasteiger partial charge is 0.0283 e. The molecule has 0 spiro atoms. The molecule has 0 amide bonds. The van der Waals surface area contributed by atoms with Gasteiger partial charge in [-0.3, -0.25) is 0 Å². The summed E-state index contributed by atoms with van der Waals surface area (Å²) >= 11 is 0. The van der Waals surface area contributed by atoms with Gasteiger partial charge in [0.1, 0.15) is 0 Å². The first kappa shape index (κ1) is 12.2. The van der Waals surface area contributed by atoms with Gasteiger partial charge in [-0.2, -0.15) is 0 Å². The van der Waals surface area contributed by atoms with Gasteiger partial charge in [0.25, 0.3) is 0 Å². The second kappa shape index (κ2) is 5.74. The molecule has 0 heterocycles. The van der Waals surface area contributed by atoms with Crippen LogP contribution in [0.5, 0.6) is 0 Å². The Kier molecular flexibility index (Phi) is 5.36. The molecule has 0 saturated heterocycles. The van der Waals surface area contributed by atoms with Gasteiger partial charge >= 0.3 is 0 Å². The van der Waals surface area contributed by atoms with E-state index in [1.165, 1.54) is 5.57 Å². The average Bonchev–Trinajstić information content (AvgIpc) is 1.96. The highest BCUT2D eigenvalue weighted by atomic mass is 14.4. The lowest BCUT2D eigenvalue weighted by Gasteiger charge is -2.08. The summed E-state index contributed by atoms with van der Waals surface area (Å²) in [4.78, 5) is 0. The highest BCUT2D eigenvalue weighted by Crippen LogP contribution is 2.14. The van der Waals surface area contributed by atoms with E-state index in [0.29, 0.717) is 17.5 Å². The maximum atomic E-state index is 7.30. The number of hydrogen-bond acceptors (Lipinski definition) is 1. The normalized spacial score (nSPS) is 13.3. The molecule has 0 aromatic heterocycles. The van der Waals surface area contributed by atoms with Crippen LogP contribution >= 0.6 is 0 Å². The topological polar surface area (TPSA) is 23.9 Å². The molecule has 0 aliphatic carbocycles. The SMILES string of the molecule is CC(=N)/C=C\C(=C/C(C)C)C(C)C.